The van der Waals surface area contributed by atoms with Crippen LogP contribution >= 0.6 is 15.9 Å². The van der Waals surface area contributed by atoms with Crippen molar-refractivity contribution in [1.29, 1.82) is 0 Å². The number of methoxy groups -OCH3 is 1. The second kappa shape index (κ2) is 11.3. The van der Waals surface area contributed by atoms with Crippen LogP contribution in [0.2, 0.25) is 0 Å². The molecule has 0 radical (unpaired) electrons. The minimum atomic E-state index is -0.503. The maximum Gasteiger partial charge on any atom is 0.276 e. The van der Waals surface area contributed by atoms with E-state index in [4.69, 9.17) is 14.2 Å². The van der Waals surface area contributed by atoms with Crippen LogP contribution in [0, 0.1) is 5.92 Å². The van der Waals surface area contributed by atoms with Crippen molar-refractivity contribution < 1.29 is 23.8 Å². The molecule has 0 spiro atoms. The molecule has 0 atom stereocenters. The summed E-state index contributed by atoms with van der Waals surface area (Å²) >= 11 is 3.40. The Morgan fingerprint density at radius 1 is 1.00 bits per heavy atom. The van der Waals surface area contributed by atoms with Gasteiger partial charge < -0.3 is 14.2 Å². The molecule has 156 valence electrons. The van der Waals surface area contributed by atoms with Gasteiger partial charge in [-0.1, -0.05) is 26.0 Å². The number of rotatable bonds is 9. The Labute approximate surface area is 178 Å². The van der Waals surface area contributed by atoms with Gasteiger partial charge in [-0.2, -0.15) is 0 Å². The molecule has 2 amide bonds. The third-order valence-electron chi connectivity index (χ3n) is 3.89. The lowest BCUT2D eigenvalue weighted by molar-refractivity contribution is -0.123. The van der Waals surface area contributed by atoms with Crippen molar-refractivity contribution >= 4 is 27.7 Å². The molecular formula is C21H25BrN2O5. The van der Waals surface area contributed by atoms with Crippen LogP contribution in [0.15, 0.2) is 46.9 Å². The lowest BCUT2D eigenvalue weighted by Crippen LogP contribution is -2.43. The average molecular weight is 465 g/mol. The second-order valence-electron chi connectivity index (χ2n) is 6.62. The minimum absolute atomic E-state index is 0.271. The number of amides is 2. The van der Waals surface area contributed by atoms with Crippen molar-refractivity contribution in [1.82, 2.24) is 10.9 Å². The van der Waals surface area contributed by atoms with E-state index in [0.29, 0.717) is 39.8 Å². The van der Waals surface area contributed by atoms with Crippen LogP contribution < -0.4 is 25.1 Å². The molecule has 0 saturated carbocycles. The van der Waals surface area contributed by atoms with Crippen LogP contribution in [0.1, 0.15) is 30.6 Å². The van der Waals surface area contributed by atoms with Gasteiger partial charge >= 0.3 is 0 Å². The molecule has 0 fully saturated rings. The van der Waals surface area contributed by atoms with Crippen LogP contribution in [-0.4, -0.2) is 32.1 Å². The quantitative estimate of drug-likeness (QED) is 0.552. The second-order valence-corrected chi connectivity index (χ2v) is 7.47. The zero-order valence-electron chi connectivity index (χ0n) is 16.7. The van der Waals surface area contributed by atoms with Gasteiger partial charge in [0.15, 0.2) is 18.1 Å². The molecule has 2 aromatic rings. The number of ether oxygens (including phenoxy) is 3. The SMILES string of the molecule is COc1ccccc1OCC(=O)NNC(=O)c1ccc(OCCC(C)C)c(Br)c1. The molecule has 0 aliphatic carbocycles. The van der Waals surface area contributed by atoms with Crippen LogP contribution in [0.4, 0.5) is 0 Å². The number of nitrogens with one attached hydrogen (secondary N) is 2. The van der Waals surface area contributed by atoms with Crippen molar-refractivity contribution in [3.63, 3.8) is 0 Å². The van der Waals surface area contributed by atoms with E-state index < -0.39 is 11.8 Å². The lowest BCUT2D eigenvalue weighted by atomic mass is 10.1. The molecule has 0 bridgehead atoms. The first-order chi connectivity index (χ1) is 13.9. The zero-order valence-corrected chi connectivity index (χ0v) is 18.2. The normalized spacial score (nSPS) is 10.4. The fraction of sp³-hybridized carbons (Fsp3) is 0.333. The van der Waals surface area contributed by atoms with Crippen LogP contribution in [0.25, 0.3) is 0 Å². The van der Waals surface area contributed by atoms with Crippen LogP contribution in [0.3, 0.4) is 0 Å². The van der Waals surface area contributed by atoms with Crippen LogP contribution in [0.5, 0.6) is 17.2 Å². The van der Waals surface area contributed by atoms with Crippen LogP contribution in [-0.2, 0) is 4.79 Å². The Morgan fingerprint density at radius 2 is 1.72 bits per heavy atom. The van der Waals surface area contributed by atoms with E-state index in [1.807, 2.05) is 0 Å². The molecule has 2 aromatic carbocycles. The van der Waals surface area contributed by atoms with Crippen molar-refractivity contribution in [3.8, 4) is 17.2 Å². The van der Waals surface area contributed by atoms with Gasteiger partial charge in [-0.25, -0.2) is 0 Å². The van der Waals surface area contributed by atoms with Gasteiger partial charge in [0.2, 0.25) is 0 Å². The van der Waals surface area contributed by atoms with Gasteiger partial charge in [-0.15, -0.1) is 0 Å². The lowest BCUT2D eigenvalue weighted by Gasteiger charge is -2.12. The highest BCUT2D eigenvalue weighted by atomic mass is 79.9. The van der Waals surface area contributed by atoms with Gasteiger partial charge in [0.05, 0.1) is 18.2 Å². The van der Waals surface area contributed by atoms with Gasteiger partial charge in [-0.3, -0.25) is 20.4 Å². The zero-order chi connectivity index (χ0) is 21.2. The highest BCUT2D eigenvalue weighted by molar-refractivity contribution is 9.10. The summed E-state index contributed by atoms with van der Waals surface area (Å²) in [5, 5.41) is 0. The van der Waals surface area contributed by atoms with Gasteiger partial charge in [0.1, 0.15) is 5.75 Å². The molecular weight excluding hydrogens is 440 g/mol. The summed E-state index contributed by atoms with van der Waals surface area (Å²) in [5.74, 6) is 1.21. The van der Waals surface area contributed by atoms with Crippen molar-refractivity contribution in [2.24, 2.45) is 5.92 Å². The number of hydrazine groups is 1. The first kappa shape index (κ1) is 22.5. The number of benzene rings is 2. The van der Waals surface area contributed by atoms with E-state index >= 15 is 0 Å². The van der Waals surface area contributed by atoms with E-state index in [1.165, 1.54) is 7.11 Å². The molecule has 0 heterocycles. The highest BCUT2D eigenvalue weighted by Crippen LogP contribution is 2.27. The molecule has 0 saturated heterocycles. The number of hydrogen-bond donors (Lipinski definition) is 2. The molecule has 0 aliphatic heterocycles. The fourth-order valence-corrected chi connectivity index (χ4v) is 2.77. The number of hydrogen-bond acceptors (Lipinski definition) is 5. The number of para-hydroxylation sites is 2. The van der Waals surface area contributed by atoms with Gasteiger partial charge in [0.25, 0.3) is 11.8 Å². The van der Waals surface area contributed by atoms with Gasteiger partial charge in [0, 0.05) is 5.56 Å². The number of carbonyl (C=O) groups excluding carboxylic acids is 2. The summed E-state index contributed by atoms with van der Waals surface area (Å²) in [4.78, 5) is 24.2. The van der Waals surface area contributed by atoms with Crippen molar-refractivity contribution in [2.45, 2.75) is 20.3 Å². The highest BCUT2D eigenvalue weighted by Gasteiger charge is 2.12. The first-order valence-electron chi connectivity index (χ1n) is 9.18. The summed E-state index contributed by atoms with van der Waals surface area (Å²) < 4.78 is 16.9. The molecule has 7 nitrogen and oxygen atoms in total. The summed E-state index contributed by atoms with van der Waals surface area (Å²) in [7, 11) is 1.52. The molecule has 8 heteroatoms. The Morgan fingerprint density at radius 3 is 2.38 bits per heavy atom. The molecule has 0 unspecified atom stereocenters. The molecule has 2 rings (SSSR count). The Kier molecular flexibility index (Phi) is 8.79. The Hall–Kier alpha value is -2.74. The Balaban J connectivity index is 1.82. The summed E-state index contributed by atoms with van der Waals surface area (Å²) in [5.41, 5.74) is 5.05. The summed E-state index contributed by atoms with van der Waals surface area (Å²) in [6.45, 7) is 4.58. The number of carbonyl (C=O) groups is 2. The largest absolute Gasteiger partial charge is 0.493 e. The smallest absolute Gasteiger partial charge is 0.276 e. The fourth-order valence-electron chi connectivity index (χ4n) is 2.28. The first-order valence-corrected chi connectivity index (χ1v) is 9.97. The summed E-state index contributed by atoms with van der Waals surface area (Å²) in [6.07, 6.45) is 0.942. The average Bonchev–Trinajstić information content (AvgIpc) is 2.71. The molecule has 0 aliphatic rings. The maximum absolute atomic E-state index is 12.2. The predicted molar refractivity (Wildman–Crippen MR) is 113 cm³/mol. The third kappa shape index (κ3) is 7.30. The number of halogens is 1. The topological polar surface area (TPSA) is 85.9 Å². The minimum Gasteiger partial charge on any atom is -0.493 e. The predicted octanol–water partition coefficient (Wildman–Crippen LogP) is 3.72. The van der Waals surface area contributed by atoms with E-state index in [9.17, 15) is 9.59 Å². The molecule has 0 aromatic heterocycles. The van der Waals surface area contributed by atoms with Crippen molar-refractivity contribution in [2.75, 3.05) is 20.3 Å². The van der Waals surface area contributed by atoms with E-state index in [2.05, 4.69) is 40.6 Å². The Bertz CT molecular complexity index is 842. The summed E-state index contributed by atoms with van der Waals surface area (Å²) in [6, 6.07) is 12.0. The maximum atomic E-state index is 12.2. The molecule has 2 N–H and O–H groups in total. The standard InChI is InChI=1S/C21H25BrN2O5/c1-14(2)10-11-28-17-9-8-15(12-16(17)22)21(26)24-23-20(25)13-29-19-7-5-4-6-18(19)27-3/h4-9,12,14H,10-11,13H2,1-3H3,(H,23,25)(H,24,26). The molecule has 29 heavy (non-hydrogen) atoms. The van der Waals surface area contributed by atoms with Crippen molar-refractivity contribution in [3.05, 3.63) is 52.5 Å². The third-order valence-corrected chi connectivity index (χ3v) is 4.51. The monoisotopic (exact) mass is 464 g/mol. The van der Waals surface area contributed by atoms with Gasteiger partial charge in [-0.05, 0) is 58.6 Å². The van der Waals surface area contributed by atoms with E-state index in [1.54, 1.807) is 42.5 Å². The van der Waals surface area contributed by atoms with E-state index in [-0.39, 0.29) is 6.61 Å². The van der Waals surface area contributed by atoms with E-state index in [0.717, 1.165) is 6.42 Å².